The lowest BCUT2D eigenvalue weighted by atomic mass is 10.2. The second-order valence-corrected chi connectivity index (χ2v) is 6.83. The highest BCUT2D eigenvalue weighted by atomic mass is 16.5. The van der Waals surface area contributed by atoms with E-state index in [4.69, 9.17) is 9.47 Å². The number of likely N-dealkylation sites (N-methyl/N-ethyl adjacent to an activating group) is 1. The number of rotatable bonds is 9. The number of amides is 2. The minimum Gasteiger partial charge on any atom is -0.493 e. The van der Waals surface area contributed by atoms with Crippen LogP contribution in [0.3, 0.4) is 0 Å². The number of aromatic nitrogens is 2. The summed E-state index contributed by atoms with van der Waals surface area (Å²) in [4.78, 5) is 24.2. The summed E-state index contributed by atoms with van der Waals surface area (Å²) in [6.07, 6.45) is 0. The molecule has 8 nitrogen and oxygen atoms in total. The Balaban J connectivity index is 1.63. The number of aryl methyl sites for hydroxylation is 1. The molecule has 3 rings (SSSR count). The zero-order chi connectivity index (χ0) is 22.2. The summed E-state index contributed by atoms with van der Waals surface area (Å²) in [6.45, 7) is 4.49. The Hall–Kier alpha value is -3.81. The number of ether oxygens (including phenoxy) is 2. The van der Waals surface area contributed by atoms with Crippen LogP contribution in [0.25, 0.3) is 5.69 Å². The largest absolute Gasteiger partial charge is 0.493 e. The van der Waals surface area contributed by atoms with Crippen molar-refractivity contribution in [2.24, 2.45) is 0 Å². The molecule has 1 heterocycles. The van der Waals surface area contributed by atoms with Crippen molar-refractivity contribution in [2.45, 2.75) is 20.4 Å². The fourth-order valence-electron chi connectivity index (χ4n) is 3.02. The first kappa shape index (κ1) is 21.9. The lowest BCUT2D eigenvalue weighted by Crippen LogP contribution is -2.28. The lowest BCUT2D eigenvalue weighted by molar-refractivity contribution is -0.123. The molecule has 0 radical (unpaired) electrons. The van der Waals surface area contributed by atoms with Crippen LogP contribution in [0, 0.1) is 6.92 Å². The number of hydrogen-bond donors (Lipinski definition) is 2. The minimum absolute atomic E-state index is 0.0935. The molecule has 0 bridgehead atoms. The number of carbonyl (C=O) groups is 2. The average Bonchev–Trinajstić information content (AvgIpc) is 3.18. The third kappa shape index (κ3) is 5.63. The van der Waals surface area contributed by atoms with Crippen LogP contribution in [0.4, 0.5) is 0 Å². The molecule has 0 saturated heterocycles. The van der Waals surface area contributed by atoms with Gasteiger partial charge in [0.15, 0.2) is 23.8 Å². The number of nitrogens with one attached hydrogen (secondary N) is 2. The second kappa shape index (κ2) is 10.3. The molecule has 0 fully saturated rings. The minimum atomic E-state index is -0.270. The molecule has 0 aliphatic heterocycles. The van der Waals surface area contributed by atoms with Crippen molar-refractivity contribution in [3.63, 3.8) is 0 Å². The first-order valence-corrected chi connectivity index (χ1v) is 9.98. The first-order valence-electron chi connectivity index (χ1n) is 9.98. The molecule has 2 amide bonds. The summed E-state index contributed by atoms with van der Waals surface area (Å²) in [5.41, 5.74) is 2.93. The Bertz CT molecular complexity index is 1050. The van der Waals surface area contributed by atoms with E-state index >= 15 is 0 Å². The molecular weight excluding hydrogens is 396 g/mol. The third-order valence-corrected chi connectivity index (χ3v) is 4.53. The number of carbonyl (C=O) groups excluding carboxylic acids is 2. The summed E-state index contributed by atoms with van der Waals surface area (Å²) in [5, 5.41) is 9.96. The Kier molecular flexibility index (Phi) is 7.26. The highest BCUT2D eigenvalue weighted by molar-refractivity contribution is 5.92. The van der Waals surface area contributed by atoms with Gasteiger partial charge in [0.05, 0.1) is 12.8 Å². The Labute approximate surface area is 181 Å². The van der Waals surface area contributed by atoms with Crippen LogP contribution < -0.4 is 20.1 Å². The summed E-state index contributed by atoms with van der Waals surface area (Å²) in [5.74, 6) is 0.473. The second-order valence-electron chi connectivity index (χ2n) is 6.83. The van der Waals surface area contributed by atoms with Gasteiger partial charge < -0.3 is 20.1 Å². The summed E-state index contributed by atoms with van der Waals surface area (Å²) in [6, 6.07) is 16.7. The molecule has 2 aromatic carbocycles. The highest BCUT2D eigenvalue weighted by Gasteiger charge is 2.14. The molecule has 0 unspecified atom stereocenters. The molecular formula is C23H26N4O4. The van der Waals surface area contributed by atoms with E-state index in [1.165, 1.54) is 7.11 Å². The van der Waals surface area contributed by atoms with Crippen LogP contribution in [0.2, 0.25) is 0 Å². The smallest absolute Gasteiger partial charge is 0.272 e. The van der Waals surface area contributed by atoms with Gasteiger partial charge in [-0.3, -0.25) is 9.59 Å². The molecule has 31 heavy (non-hydrogen) atoms. The maximum atomic E-state index is 12.6. The summed E-state index contributed by atoms with van der Waals surface area (Å²) in [7, 11) is 1.52. The van der Waals surface area contributed by atoms with Crippen molar-refractivity contribution in [2.75, 3.05) is 20.3 Å². The SMILES string of the molecule is CCNC(=O)COc1ccc(CNC(=O)c2cc(C)n(-c3ccccc3)n2)cc1OC. The van der Waals surface area contributed by atoms with Gasteiger partial charge in [0.2, 0.25) is 0 Å². The highest BCUT2D eigenvalue weighted by Crippen LogP contribution is 2.28. The van der Waals surface area contributed by atoms with Gasteiger partial charge >= 0.3 is 0 Å². The molecule has 3 aromatic rings. The van der Waals surface area contributed by atoms with Crippen LogP contribution >= 0.6 is 0 Å². The van der Waals surface area contributed by atoms with Crippen LogP contribution in [-0.2, 0) is 11.3 Å². The average molecular weight is 422 g/mol. The van der Waals surface area contributed by atoms with E-state index in [2.05, 4.69) is 15.7 Å². The maximum absolute atomic E-state index is 12.6. The Morgan fingerprint density at radius 1 is 1.03 bits per heavy atom. The monoisotopic (exact) mass is 422 g/mol. The molecule has 0 aliphatic rings. The van der Waals surface area contributed by atoms with Gasteiger partial charge in [0.1, 0.15) is 0 Å². The molecule has 0 saturated carbocycles. The Morgan fingerprint density at radius 3 is 2.52 bits per heavy atom. The number of hydrogen-bond acceptors (Lipinski definition) is 5. The summed E-state index contributed by atoms with van der Waals surface area (Å²) < 4.78 is 12.6. The van der Waals surface area contributed by atoms with E-state index in [0.29, 0.717) is 30.3 Å². The van der Waals surface area contributed by atoms with Crippen LogP contribution in [0.5, 0.6) is 11.5 Å². The van der Waals surface area contributed by atoms with Gasteiger partial charge in [-0.1, -0.05) is 24.3 Å². The third-order valence-electron chi connectivity index (χ3n) is 4.53. The van der Waals surface area contributed by atoms with E-state index in [1.54, 1.807) is 22.9 Å². The first-order chi connectivity index (χ1) is 15.0. The van der Waals surface area contributed by atoms with Crippen molar-refractivity contribution in [1.29, 1.82) is 0 Å². The lowest BCUT2D eigenvalue weighted by Gasteiger charge is -2.12. The number of para-hydroxylation sites is 1. The standard InChI is InChI=1S/C23H26N4O4/c1-4-24-22(28)15-31-20-11-10-17(13-21(20)30-3)14-25-23(29)19-12-16(2)27(26-19)18-8-6-5-7-9-18/h5-13H,4,14-15H2,1-3H3,(H,24,28)(H,25,29). The predicted octanol–water partition coefficient (Wildman–Crippen LogP) is 2.63. The maximum Gasteiger partial charge on any atom is 0.272 e. The van der Waals surface area contributed by atoms with Crippen LogP contribution in [0.1, 0.15) is 28.7 Å². The molecule has 0 aliphatic carbocycles. The van der Waals surface area contributed by atoms with Crippen molar-refractivity contribution in [3.8, 4) is 17.2 Å². The van der Waals surface area contributed by atoms with Crippen molar-refractivity contribution in [1.82, 2.24) is 20.4 Å². The van der Waals surface area contributed by atoms with Gasteiger partial charge in [0, 0.05) is 18.8 Å². The number of nitrogens with zero attached hydrogens (tertiary/aromatic N) is 2. The van der Waals surface area contributed by atoms with Crippen LogP contribution in [-0.4, -0.2) is 41.9 Å². The van der Waals surface area contributed by atoms with Gasteiger partial charge in [-0.25, -0.2) is 4.68 Å². The fraction of sp³-hybridized carbons (Fsp3) is 0.261. The van der Waals surface area contributed by atoms with E-state index in [-0.39, 0.29) is 18.4 Å². The van der Waals surface area contributed by atoms with Crippen molar-refractivity contribution >= 4 is 11.8 Å². The van der Waals surface area contributed by atoms with Gasteiger partial charge in [0.25, 0.3) is 11.8 Å². The molecule has 162 valence electrons. The van der Waals surface area contributed by atoms with Gasteiger partial charge in [-0.05, 0) is 49.7 Å². The molecule has 0 atom stereocenters. The Morgan fingerprint density at radius 2 is 1.81 bits per heavy atom. The zero-order valence-electron chi connectivity index (χ0n) is 17.8. The topological polar surface area (TPSA) is 94.5 Å². The molecule has 0 spiro atoms. The zero-order valence-corrected chi connectivity index (χ0v) is 17.8. The molecule has 2 N–H and O–H groups in total. The van der Waals surface area contributed by atoms with E-state index in [0.717, 1.165) is 16.9 Å². The summed E-state index contributed by atoms with van der Waals surface area (Å²) >= 11 is 0. The molecule has 1 aromatic heterocycles. The van der Waals surface area contributed by atoms with Crippen LogP contribution in [0.15, 0.2) is 54.6 Å². The number of methoxy groups -OCH3 is 1. The fourth-order valence-corrected chi connectivity index (χ4v) is 3.02. The van der Waals surface area contributed by atoms with Crippen molar-refractivity contribution in [3.05, 3.63) is 71.5 Å². The van der Waals surface area contributed by atoms with E-state index in [9.17, 15) is 9.59 Å². The number of benzene rings is 2. The van der Waals surface area contributed by atoms with E-state index in [1.807, 2.05) is 50.2 Å². The quantitative estimate of drug-likeness (QED) is 0.553. The normalized spacial score (nSPS) is 10.4. The van der Waals surface area contributed by atoms with E-state index < -0.39 is 0 Å². The molecule has 8 heteroatoms. The predicted molar refractivity (Wildman–Crippen MR) is 117 cm³/mol. The van der Waals surface area contributed by atoms with Crippen molar-refractivity contribution < 1.29 is 19.1 Å². The van der Waals surface area contributed by atoms with Gasteiger partial charge in [-0.15, -0.1) is 0 Å². The van der Waals surface area contributed by atoms with Gasteiger partial charge in [-0.2, -0.15) is 5.10 Å².